The number of nitrogens with zero attached hydrogens (tertiary/aromatic N) is 4. The van der Waals surface area contributed by atoms with Crippen molar-refractivity contribution in [1.29, 1.82) is 0 Å². The van der Waals surface area contributed by atoms with E-state index in [0.29, 0.717) is 23.9 Å². The Balaban J connectivity index is 1.82. The van der Waals surface area contributed by atoms with Gasteiger partial charge in [-0.1, -0.05) is 44.2 Å². The van der Waals surface area contributed by atoms with Crippen LogP contribution in [0.3, 0.4) is 0 Å². The van der Waals surface area contributed by atoms with Gasteiger partial charge >= 0.3 is 12.1 Å². The number of thioether (sulfide) groups is 1. The van der Waals surface area contributed by atoms with Gasteiger partial charge in [0.05, 0.1) is 6.61 Å². The Bertz CT molecular complexity index is 1240. The van der Waals surface area contributed by atoms with E-state index in [1.54, 1.807) is 43.6 Å². The smallest absolute Gasteiger partial charge is 0.409 e. The van der Waals surface area contributed by atoms with Crippen LogP contribution in [0.2, 0.25) is 0 Å². The lowest BCUT2D eigenvalue weighted by Crippen LogP contribution is -2.56. The SMILES string of the molecule is CCOC(=O)N1CCN(C(=O)[C@H](CCC(=O)OC(C)(C)C)NC(=O)c2cc(SC(C)C)nc(-c3ccccc3)n2)CC1. The van der Waals surface area contributed by atoms with Crippen LogP contribution in [0, 0.1) is 0 Å². The van der Waals surface area contributed by atoms with Gasteiger partial charge in [0.2, 0.25) is 5.91 Å². The van der Waals surface area contributed by atoms with Crippen LogP contribution >= 0.6 is 11.8 Å². The van der Waals surface area contributed by atoms with Gasteiger partial charge in [-0.25, -0.2) is 14.8 Å². The van der Waals surface area contributed by atoms with Crippen LogP contribution in [0.15, 0.2) is 41.4 Å². The Morgan fingerprint density at radius 3 is 2.24 bits per heavy atom. The highest BCUT2D eigenvalue weighted by Crippen LogP contribution is 2.25. The highest BCUT2D eigenvalue weighted by molar-refractivity contribution is 7.99. The molecular formula is C30H41N5O6S. The van der Waals surface area contributed by atoms with E-state index in [-0.39, 0.29) is 49.4 Å². The third-order valence-corrected chi connectivity index (χ3v) is 7.02. The third-order valence-electron chi connectivity index (χ3n) is 6.10. The van der Waals surface area contributed by atoms with Crippen LogP contribution in [0.25, 0.3) is 11.4 Å². The van der Waals surface area contributed by atoms with E-state index < -0.39 is 29.6 Å². The number of amides is 3. The maximum absolute atomic E-state index is 13.7. The van der Waals surface area contributed by atoms with Crippen molar-refractivity contribution in [2.45, 2.75) is 76.3 Å². The molecule has 3 amide bonds. The summed E-state index contributed by atoms with van der Waals surface area (Å²) in [5.74, 6) is -0.957. The number of hydrogen-bond acceptors (Lipinski definition) is 9. The molecule has 2 heterocycles. The van der Waals surface area contributed by atoms with Crippen LogP contribution in [-0.2, 0) is 19.1 Å². The van der Waals surface area contributed by atoms with Crippen LogP contribution in [0.1, 0.15) is 64.9 Å². The number of benzene rings is 1. The van der Waals surface area contributed by atoms with Gasteiger partial charge in [0.15, 0.2) is 5.82 Å². The lowest BCUT2D eigenvalue weighted by atomic mass is 10.1. The Hall–Kier alpha value is -3.67. The topological polar surface area (TPSA) is 131 Å². The normalized spacial score (nSPS) is 14.4. The lowest BCUT2D eigenvalue weighted by Gasteiger charge is -2.36. The highest BCUT2D eigenvalue weighted by atomic mass is 32.2. The number of aromatic nitrogens is 2. The first-order valence-electron chi connectivity index (χ1n) is 14.2. The first-order chi connectivity index (χ1) is 19.9. The minimum Gasteiger partial charge on any atom is -0.460 e. The maximum atomic E-state index is 13.7. The molecular weight excluding hydrogens is 558 g/mol. The van der Waals surface area contributed by atoms with E-state index >= 15 is 0 Å². The summed E-state index contributed by atoms with van der Waals surface area (Å²) in [5, 5.41) is 3.67. The van der Waals surface area contributed by atoms with Crippen molar-refractivity contribution in [3.8, 4) is 11.4 Å². The summed E-state index contributed by atoms with van der Waals surface area (Å²) in [6.07, 6.45) is -0.445. The second kappa shape index (κ2) is 15.0. The van der Waals surface area contributed by atoms with Crippen LogP contribution < -0.4 is 5.32 Å². The highest BCUT2D eigenvalue weighted by Gasteiger charge is 2.32. The van der Waals surface area contributed by atoms with Crippen molar-refractivity contribution in [2.24, 2.45) is 0 Å². The van der Waals surface area contributed by atoms with Crippen molar-refractivity contribution in [3.63, 3.8) is 0 Å². The van der Waals surface area contributed by atoms with Gasteiger partial charge in [0.1, 0.15) is 22.4 Å². The first-order valence-corrected chi connectivity index (χ1v) is 15.1. The van der Waals surface area contributed by atoms with E-state index in [4.69, 9.17) is 9.47 Å². The van der Waals surface area contributed by atoms with Crippen LogP contribution in [0.5, 0.6) is 0 Å². The number of carbonyl (C=O) groups is 4. The number of nitrogens with one attached hydrogen (secondary N) is 1. The molecule has 1 aromatic carbocycles. The Kier molecular flexibility index (Phi) is 11.7. The summed E-state index contributed by atoms with van der Waals surface area (Å²) in [6, 6.07) is 9.96. The average Bonchev–Trinajstić information content (AvgIpc) is 2.94. The molecule has 1 aliphatic heterocycles. The minimum absolute atomic E-state index is 0.0435. The summed E-state index contributed by atoms with van der Waals surface area (Å²) in [4.78, 5) is 64.1. The van der Waals surface area contributed by atoms with Gasteiger partial charge in [-0.3, -0.25) is 14.4 Å². The molecule has 11 nitrogen and oxygen atoms in total. The molecule has 1 N–H and O–H groups in total. The molecule has 42 heavy (non-hydrogen) atoms. The number of piperazine rings is 1. The lowest BCUT2D eigenvalue weighted by molar-refractivity contribution is -0.155. The Morgan fingerprint density at radius 1 is 1.00 bits per heavy atom. The van der Waals surface area contributed by atoms with E-state index in [0.717, 1.165) is 5.56 Å². The Labute approximate surface area is 251 Å². The standard InChI is InChI=1S/C30H41N5O6S/c1-7-40-29(39)35-17-15-34(16-18-35)28(38)22(13-14-25(36)41-30(4,5)6)32-27(37)23-19-24(42-20(2)3)33-26(31-23)21-11-9-8-10-12-21/h8-12,19-20,22H,7,13-18H2,1-6H3,(H,32,37)/t22-/m0/s1. The summed E-state index contributed by atoms with van der Waals surface area (Å²) in [7, 11) is 0. The summed E-state index contributed by atoms with van der Waals surface area (Å²) < 4.78 is 10.5. The fourth-order valence-electron chi connectivity index (χ4n) is 4.25. The van der Waals surface area contributed by atoms with Gasteiger partial charge in [0.25, 0.3) is 5.91 Å². The monoisotopic (exact) mass is 599 g/mol. The number of esters is 1. The van der Waals surface area contributed by atoms with Crippen molar-refractivity contribution in [2.75, 3.05) is 32.8 Å². The van der Waals surface area contributed by atoms with E-state index in [2.05, 4.69) is 15.3 Å². The maximum Gasteiger partial charge on any atom is 0.409 e. The molecule has 1 aliphatic rings. The van der Waals surface area contributed by atoms with Gasteiger partial charge < -0.3 is 24.6 Å². The minimum atomic E-state index is -1.00. The molecule has 0 radical (unpaired) electrons. The predicted octanol–water partition coefficient (Wildman–Crippen LogP) is 4.17. The van der Waals surface area contributed by atoms with Crippen molar-refractivity contribution in [3.05, 3.63) is 42.1 Å². The molecule has 0 unspecified atom stereocenters. The van der Waals surface area contributed by atoms with Crippen molar-refractivity contribution >= 4 is 35.6 Å². The molecule has 0 aliphatic carbocycles. The summed E-state index contributed by atoms with van der Waals surface area (Å²) >= 11 is 1.50. The van der Waals surface area contributed by atoms with Crippen molar-refractivity contribution < 1.29 is 28.7 Å². The number of ether oxygens (including phenoxy) is 2. The second-order valence-corrected chi connectivity index (χ2v) is 12.7. The predicted molar refractivity (Wildman–Crippen MR) is 160 cm³/mol. The molecule has 1 atom stereocenters. The molecule has 1 saturated heterocycles. The average molecular weight is 600 g/mol. The molecule has 3 rings (SSSR count). The zero-order chi connectivity index (χ0) is 30.9. The quantitative estimate of drug-likeness (QED) is 0.243. The van der Waals surface area contributed by atoms with Crippen LogP contribution in [0.4, 0.5) is 4.79 Å². The molecule has 1 aromatic heterocycles. The number of carbonyl (C=O) groups excluding carboxylic acids is 4. The molecule has 0 saturated carbocycles. The summed E-state index contributed by atoms with van der Waals surface area (Å²) in [6.45, 7) is 12.5. The van der Waals surface area contributed by atoms with E-state index in [1.165, 1.54) is 11.8 Å². The fourth-order valence-corrected chi connectivity index (χ4v) is 5.05. The van der Waals surface area contributed by atoms with Gasteiger partial charge in [-0.05, 0) is 34.1 Å². The van der Waals surface area contributed by atoms with E-state index in [9.17, 15) is 19.2 Å². The first kappa shape index (κ1) is 32.8. The largest absolute Gasteiger partial charge is 0.460 e. The molecule has 1 fully saturated rings. The summed E-state index contributed by atoms with van der Waals surface area (Å²) in [5.41, 5.74) is 0.201. The second-order valence-electron chi connectivity index (χ2n) is 11.1. The van der Waals surface area contributed by atoms with E-state index in [1.807, 2.05) is 44.2 Å². The molecule has 0 bridgehead atoms. The van der Waals surface area contributed by atoms with Crippen LogP contribution in [-0.4, -0.2) is 93.3 Å². The fraction of sp³-hybridized carbons (Fsp3) is 0.533. The molecule has 2 aromatic rings. The third kappa shape index (κ3) is 10.0. The number of hydrogen-bond donors (Lipinski definition) is 1. The van der Waals surface area contributed by atoms with Crippen molar-refractivity contribution in [1.82, 2.24) is 25.1 Å². The van der Waals surface area contributed by atoms with Gasteiger partial charge in [-0.15, -0.1) is 11.8 Å². The molecule has 12 heteroatoms. The zero-order valence-corrected chi connectivity index (χ0v) is 26.0. The zero-order valence-electron chi connectivity index (χ0n) is 25.2. The van der Waals surface area contributed by atoms with Gasteiger partial charge in [-0.2, -0.15) is 0 Å². The number of rotatable bonds is 10. The Morgan fingerprint density at radius 2 is 1.64 bits per heavy atom. The van der Waals surface area contributed by atoms with Gasteiger partial charge in [0, 0.05) is 49.5 Å². The molecule has 0 spiro atoms. The molecule has 228 valence electrons.